The van der Waals surface area contributed by atoms with Crippen molar-refractivity contribution in [3.63, 3.8) is 0 Å². The van der Waals surface area contributed by atoms with E-state index in [0.29, 0.717) is 19.1 Å². The molecule has 1 fully saturated rings. The minimum atomic E-state index is -1.78. The molecular formula is C9H16FNO2. The Labute approximate surface area is 77.6 Å². The highest BCUT2D eigenvalue weighted by atomic mass is 19.1. The van der Waals surface area contributed by atoms with E-state index < -0.39 is 11.6 Å². The maximum atomic E-state index is 13.0. The normalized spacial score (nSPS) is 23.2. The third-order valence-electron chi connectivity index (χ3n) is 2.12. The smallest absolute Gasteiger partial charge is 0.257 e. The Morgan fingerprint density at radius 3 is 2.85 bits per heavy atom. The van der Waals surface area contributed by atoms with Gasteiger partial charge in [0.25, 0.3) is 5.91 Å². The number of halogens is 1. The van der Waals surface area contributed by atoms with Crippen LogP contribution in [0, 0.1) is 5.92 Å². The van der Waals surface area contributed by atoms with Crippen LogP contribution in [0.2, 0.25) is 0 Å². The van der Waals surface area contributed by atoms with E-state index in [2.05, 4.69) is 5.32 Å². The maximum Gasteiger partial charge on any atom is 0.257 e. The lowest BCUT2D eigenvalue weighted by Gasteiger charge is -2.15. The lowest BCUT2D eigenvalue weighted by atomic mass is 10.1. The van der Waals surface area contributed by atoms with Crippen LogP contribution < -0.4 is 5.32 Å². The molecule has 3 nitrogen and oxygen atoms in total. The molecule has 0 spiro atoms. The molecule has 1 unspecified atom stereocenters. The number of rotatable bonds is 3. The number of alkyl halides is 1. The standard InChI is InChI=1S/C9H16FNO2/c1-9(2,10)8(12)11-5-7-3-4-13-6-7/h7H,3-6H2,1-2H3,(H,11,12). The zero-order valence-corrected chi connectivity index (χ0v) is 8.10. The highest BCUT2D eigenvalue weighted by Gasteiger charge is 2.27. The number of hydrogen-bond acceptors (Lipinski definition) is 2. The quantitative estimate of drug-likeness (QED) is 0.716. The van der Waals surface area contributed by atoms with Crippen molar-refractivity contribution in [2.75, 3.05) is 19.8 Å². The molecular weight excluding hydrogens is 173 g/mol. The van der Waals surface area contributed by atoms with E-state index in [9.17, 15) is 9.18 Å². The summed E-state index contributed by atoms with van der Waals surface area (Å²) in [6.07, 6.45) is 0.951. The summed E-state index contributed by atoms with van der Waals surface area (Å²) in [6.45, 7) is 4.46. The number of nitrogens with one attached hydrogen (secondary N) is 1. The van der Waals surface area contributed by atoms with Crippen LogP contribution in [-0.4, -0.2) is 31.3 Å². The second-order valence-electron chi connectivity index (χ2n) is 3.91. The summed E-state index contributed by atoms with van der Waals surface area (Å²) in [7, 11) is 0. The van der Waals surface area contributed by atoms with Gasteiger partial charge in [0.05, 0.1) is 6.61 Å². The summed E-state index contributed by atoms with van der Waals surface area (Å²) in [5.41, 5.74) is -1.78. The highest BCUT2D eigenvalue weighted by Crippen LogP contribution is 2.12. The van der Waals surface area contributed by atoms with Gasteiger partial charge < -0.3 is 10.1 Å². The van der Waals surface area contributed by atoms with Crippen molar-refractivity contribution in [3.8, 4) is 0 Å². The first kappa shape index (κ1) is 10.4. The van der Waals surface area contributed by atoms with Crippen molar-refractivity contribution in [2.24, 2.45) is 5.92 Å². The fourth-order valence-corrected chi connectivity index (χ4v) is 1.19. The van der Waals surface area contributed by atoms with Gasteiger partial charge in [-0.05, 0) is 20.3 Å². The minimum Gasteiger partial charge on any atom is -0.381 e. The van der Waals surface area contributed by atoms with Crippen molar-refractivity contribution in [1.82, 2.24) is 5.32 Å². The number of carbonyl (C=O) groups is 1. The zero-order chi connectivity index (χ0) is 9.90. The first-order valence-corrected chi connectivity index (χ1v) is 4.55. The topological polar surface area (TPSA) is 38.3 Å². The monoisotopic (exact) mass is 189 g/mol. The number of ether oxygens (including phenoxy) is 1. The lowest BCUT2D eigenvalue weighted by Crippen LogP contribution is -2.41. The third kappa shape index (κ3) is 3.30. The van der Waals surface area contributed by atoms with Gasteiger partial charge in [0, 0.05) is 19.1 Å². The summed E-state index contributed by atoms with van der Waals surface area (Å²) in [6, 6.07) is 0. The van der Waals surface area contributed by atoms with E-state index in [1.54, 1.807) is 0 Å². The van der Waals surface area contributed by atoms with Gasteiger partial charge in [-0.25, -0.2) is 4.39 Å². The van der Waals surface area contributed by atoms with Crippen molar-refractivity contribution in [3.05, 3.63) is 0 Å². The van der Waals surface area contributed by atoms with E-state index in [4.69, 9.17) is 4.74 Å². The Kier molecular flexibility index (Phi) is 3.25. The largest absolute Gasteiger partial charge is 0.381 e. The van der Waals surface area contributed by atoms with E-state index >= 15 is 0 Å². The summed E-state index contributed by atoms with van der Waals surface area (Å²) in [5, 5.41) is 2.57. The molecule has 1 aliphatic heterocycles. The van der Waals surface area contributed by atoms with Crippen molar-refractivity contribution in [1.29, 1.82) is 0 Å². The van der Waals surface area contributed by atoms with Gasteiger partial charge in [-0.2, -0.15) is 0 Å². The molecule has 76 valence electrons. The SMILES string of the molecule is CC(C)(F)C(=O)NCC1CCOC1. The van der Waals surface area contributed by atoms with Crippen LogP contribution in [-0.2, 0) is 9.53 Å². The molecule has 1 aliphatic rings. The molecule has 1 atom stereocenters. The Morgan fingerprint density at radius 2 is 2.38 bits per heavy atom. The number of carbonyl (C=O) groups excluding carboxylic acids is 1. The van der Waals surface area contributed by atoms with Gasteiger partial charge in [-0.3, -0.25) is 4.79 Å². The average molecular weight is 189 g/mol. The Hall–Kier alpha value is -0.640. The van der Waals surface area contributed by atoms with Crippen molar-refractivity contribution >= 4 is 5.91 Å². The molecule has 1 heterocycles. The summed E-state index contributed by atoms with van der Waals surface area (Å²) in [5.74, 6) is -0.189. The molecule has 0 bridgehead atoms. The van der Waals surface area contributed by atoms with Crippen LogP contribution >= 0.6 is 0 Å². The van der Waals surface area contributed by atoms with E-state index in [0.717, 1.165) is 13.0 Å². The molecule has 4 heteroatoms. The Bertz CT molecular complexity index is 183. The average Bonchev–Trinajstić information content (AvgIpc) is 2.50. The molecule has 0 aromatic carbocycles. The molecule has 13 heavy (non-hydrogen) atoms. The lowest BCUT2D eigenvalue weighted by molar-refractivity contribution is -0.130. The zero-order valence-electron chi connectivity index (χ0n) is 8.10. The van der Waals surface area contributed by atoms with E-state index in [1.807, 2.05) is 0 Å². The summed E-state index contributed by atoms with van der Waals surface area (Å²) in [4.78, 5) is 11.1. The molecule has 1 amide bonds. The van der Waals surface area contributed by atoms with Gasteiger partial charge in [0.15, 0.2) is 5.67 Å². The molecule has 0 aromatic heterocycles. The highest BCUT2D eigenvalue weighted by molar-refractivity contribution is 5.83. The van der Waals surface area contributed by atoms with Gasteiger partial charge >= 0.3 is 0 Å². The first-order valence-electron chi connectivity index (χ1n) is 4.55. The first-order chi connectivity index (χ1) is 6.00. The van der Waals surface area contributed by atoms with Crippen LogP contribution in [0.1, 0.15) is 20.3 Å². The molecule has 1 saturated heterocycles. The third-order valence-corrected chi connectivity index (χ3v) is 2.12. The van der Waals surface area contributed by atoms with Crippen LogP contribution in [0.4, 0.5) is 4.39 Å². The number of amides is 1. The second kappa shape index (κ2) is 4.05. The maximum absolute atomic E-state index is 13.0. The van der Waals surface area contributed by atoms with Crippen molar-refractivity contribution in [2.45, 2.75) is 25.9 Å². The molecule has 1 N–H and O–H groups in total. The van der Waals surface area contributed by atoms with E-state index in [1.165, 1.54) is 13.8 Å². The van der Waals surface area contributed by atoms with Crippen molar-refractivity contribution < 1.29 is 13.9 Å². The molecule has 1 rings (SSSR count). The van der Waals surface area contributed by atoms with Crippen LogP contribution in [0.15, 0.2) is 0 Å². The molecule has 0 aromatic rings. The van der Waals surface area contributed by atoms with Gasteiger partial charge in [0.2, 0.25) is 0 Å². The Morgan fingerprint density at radius 1 is 1.69 bits per heavy atom. The second-order valence-corrected chi connectivity index (χ2v) is 3.91. The molecule has 0 radical (unpaired) electrons. The number of hydrogen-bond donors (Lipinski definition) is 1. The Balaban J connectivity index is 2.22. The summed E-state index contributed by atoms with van der Waals surface area (Å²) >= 11 is 0. The fourth-order valence-electron chi connectivity index (χ4n) is 1.19. The van der Waals surface area contributed by atoms with Crippen LogP contribution in [0.3, 0.4) is 0 Å². The van der Waals surface area contributed by atoms with Crippen LogP contribution in [0.5, 0.6) is 0 Å². The predicted octanol–water partition coefficient (Wildman–Crippen LogP) is 0.887. The van der Waals surface area contributed by atoms with E-state index in [-0.39, 0.29) is 0 Å². The van der Waals surface area contributed by atoms with Gasteiger partial charge in [-0.15, -0.1) is 0 Å². The fraction of sp³-hybridized carbons (Fsp3) is 0.889. The van der Waals surface area contributed by atoms with Gasteiger partial charge in [-0.1, -0.05) is 0 Å². The van der Waals surface area contributed by atoms with Gasteiger partial charge in [0.1, 0.15) is 0 Å². The predicted molar refractivity (Wildman–Crippen MR) is 47.1 cm³/mol. The molecule has 0 aliphatic carbocycles. The molecule has 0 saturated carbocycles. The van der Waals surface area contributed by atoms with Crippen LogP contribution in [0.25, 0.3) is 0 Å². The minimum absolute atomic E-state index is 0.353. The summed E-state index contributed by atoms with van der Waals surface area (Å²) < 4.78 is 18.1.